The van der Waals surface area contributed by atoms with Crippen molar-refractivity contribution in [2.24, 2.45) is 11.3 Å². The van der Waals surface area contributed by atoms with Crippen LogP contribution in [0, 0.1) is 12.3 Å². The van der Waals surface area contributed by atoms with Crippen LogP contribution >= 0.6 is 22.9 Å². The highest BCUT2D eigenvalue weighted by Gasteiger charge is 2.28. The van der Waals surface area contributed by atoms with Crippen LogP contribution in [0.5, 0.6) is 0 Å². The van der Waals surface area contributed by atoms with Crippen molar-refractivity contribution in [3.63, 3.8) is 0 Å². The van der Waals surface area contributed by atoms with Gasteiger partial charge in [0.15, 0.2) is 0 Å². The number of rotatable bonds is 2. The highest BCUT2D eigenvalue weighted by Crippen LogP contribution is 2.40. The van der Waals surface area contributed by atoms with Gasteiger partial charge in [-0.25, -0.2) is 0 Å². The van der Waals surface area contributed by atoms with E-state index in [0.717, 1.165) is 15.5 Å². The molecule has 4 heteroatoms. The lowest BCUT2D eigenvalue weighted by atomic mass is 9.86. The van der Waals surface area contributed by atoms with Crippen molar-refractivity contribution in [3.05, 3.63) is 20.8 Å². The van der Waals surface area contributed by atoms with Crippen molar-refractivity contribution >= 4 is 22.9 Å². The SMILES string of the molecule is Cc1csc(C(NN)C(C)(C)C)c1Cl. The van der Waals surface area contributed by atoms with E-state index >= 15 is 0 Å². The Kier molecular flexibility index (Phi) is 3.58. The zero-order valence-corrected chi connectivity index (χ0v) is 10.6. The molecule has 1 heterocycles. The van der Waals surface area contributed by atoms with Crippen LogP contribution in [-0.2, 0) is 0 Å². The summed E-state index contributed by atoms with van der Waals surface area (Å²) in [6, 6.07) is 0.105. The molecule has 0 aliphatic carbocycles. The van der Waals surface area contributed by atoms with Gasteiger partial charge in [0, 0.05) is 4.88 Å². The zero-order valence-electron chi connectivity index (χ0n) is 9.02. The minimum absolute atomic E-state index is 0.0652. The standard InChI is InChI=1S/C10H17ClN2S/c1-6-5-14-8(7(6)11)9(13-12)10(2,3)4/h5,9,13H,12H2,1-4H3. The predicted molar refractivity (Wildman–Crippen MR) is 63.6 cm³/mol. The third-order valence-corrected chi connectivity index (χ3v) is 4.00. The smallest absolute Gasteiger partial charge is 0.0616 e. The van der Waals surface area contributed by atoms with Gasteiger partial charge in [-0.05, 0) is 23.3 Å². The van der Waals surface area contributed by atoms with Gasteiger partial charge < -0.3 is 0 Å². The van der Waals surface area contributed by atoms with Crippen LogP contribution in [0.1, 0.15) is 37.3 Å². The summed E-state index contributed by atoms with van der Waals surface area (Å²) in [6.45, 7) is 8.44. The normalized spacial score (nSPS) is 14.4. The van der Waals surface area contributed by atoms with Crippen LogP contribution in [0.3, 0.4) is 0 Å². The van der Waals surface area contributed by atoms with Gasteiger partial charge in [0.05, 0.1) is 11.1 Å². The molecule has 0 amide bonds. The number of hydrazine groups is 1. The Labute approximate surface area is 94.4 Å². The number of nitrogens with one attached hydrogen (secondary N) is 1. The van der Waals surface area contributed by atoms with E-state index in [2.05, 4.69) is 31.6 Å². The number of halogens is 1. The van der Waals surface area contributed by atoms with Gasteiger partial charge in [0.1, 0.15) is 0 Å². The van der Waals surface area contributed by atoms with E-state index in [9.17, 15) is 0 Å². The van der Waals surface area contributed by atoms with E-state index in [4.69, 9.17) is 17.4 Å². The number of aryl methyl sites for hydroxylation is 1. The van der Waals surface area contributed by atoms with E-state index in [1.807, 2.05) is 6.92 Å². The average Bonchev–Trinajstić information content (AvgIpc) is 2.35. The molecule has 0 aliphatic rings. The summed E-state index contributed by atoms with van der Waals surface area (Å²) in [5.74, 6) is 5.57. The first kappa shape index (κ1) is 12.0. The van der Waals surface area contributed by atoms with Gasteiger partial charge in [-0.2, -0.15) is 0 Å². The molecule has 0 aromatic carbocycles. The molecule has 0 fully saturated rings. The van der Waals surface area contributed by atoms with Crippen molar-refractivity contribution in [2.45, 2.75) is 33.7 Å². The Morgan fingerprint density at radius 1 is 1.50 bits per heavy atom. The van der Waals surface area contributed by atoms with Gasteiger partial charge in [0.25, 0.3) is 0 Å². The summed E-state index contributed by atoms with van der Waals surface area (Å²) >= 11 is 7.86. The molecule has 2 nitrogen and oxygen atoms in total. The maximum absolute atomic E-state index is 6.20. The number of nitrogens with two attached hydrogens (primary N) is 1. The Morgan fingerprint density at radius 2 is 2.07 bits per heavy atom. The van der Waals surface area contributed by atoms with Gasteiger partial charge in [-0.3, -0.25) is 11.3 Å². The summed E-state index contributed by atoms with van der Waals surface area (Å²) in [6.07, 6.45) is 0. The monoisotopic (exact) mass is 232 g/mol. The summed E-state index contributed by atoms with van der Waals surface area (Å²) in [5, 5.41) is 2.90. The maximum Gasteiger partial charge on any atom is 0.0616 e. The summed E-state index contributed by atoms with van der Waals surface area (Å²) in [5.41, 5.74) is 4.03. The van der Waals surface area contributed by atoms with E-state index in [0.29, 0.717) is 0 Å². The topological polar surface area (TPSA) is 38.0 Å². The minimum atomic E-state index is 0.0652. The zero-order chi connectivity index (χ0) is 10.9. The average molecular weight is 233 g/mol. The quantitative estimate of drug-likeness (QED) is 0.607. The van der Waals surface area contributed by atoms with Crippen LogP contribution in [0.15, 0.2) is 5.38 Å². The highest BCUT2D eigenvalue weighted by molar-refractivity contribution is 7.10. The van der Waals surface area contributed by atoms with Crippen molar-refractivity contribution < 1.29 is 0 Å². The number of thiophene rings is 1. The lowest BCUT2D eigenvalue weighted by molar-refractivity contribution is 0.279. The third-order valence-electron chi connectivity index (χ3n) is 2.22. The molecule has 1 aromatic heterocycles. The van der Waals surface area contributed by atoms with Crippen molar-refractivity contribution in [3.8, 4) is 0 Å². The van der Waals surface area contributed by atoms with Gasteiger partial charge in [-0.1, -0.05) is 32.4 Å². The fourth-order valence-corrected chi connectivity index (χ4v) is 2.97. The van der Waals surface area contributed by atoms with E-state index in [-0.39, 0.29) is 11.5 Å². The summed E-state index contributed by atoms with van der Waals surface area (Å²) < 4.78 is 0. The molecule has 0 radical (unpaired) electrons. The lowest BCUT2D eigenvalue weighted by Gasteiger charge is -2.29. The molecule has 1 rings (SSSR count). The molecule has 1 unspecified atom stereocenters. The second-order valence-electron chi connectivity index (χ2n) is 4.56. The molecule has 3 N–H and O–H groups in total. The first-order valence-corrected chi connectivity index (χ1v) is 5.83. The first-order chi connectivity index (χ1) is 6.38. The molecule has 1 atom stereocenters. The van der Waals surface area contributed by atoms with Crippen molar-refractivity contribution in [1.82, 2.24) is 5.43 Å². The van der Waals surface area contributed by atoms with Crippen molar-refractivity contribution in [1.29, 1.82) is 0 Å². The molecule has 0 bridgehead atoms. The lowest BCUT2D eigenvalue weighted by Crippen LogP contribution is -2.36. The molecule has 14 heavy (non-hydrogen) atoms. The van der Waals surface area contributed by atoms with E-state index < -0.39 is 0 Å². The fraction of sp³-hybridized carbons (Fsp3) is 0.600. The molecule has 1 aromatic rings. The van der Waals surface area contributed by atoms with Gasteiger partial charge in [0.2, 0.25) is 0 Å². The molecule has 0 spiro atoms. The van der Waals surface area contributed by atoms with Crippen LogP contribution in [0.25, 0.3) is 0 Å². The largest absolute Gasteiger partial charge is 0.271 e. The number of hydrogen-bond donors (Lipinski definition) is 2. The second-order valence-corrected chi connectivity index (χ2v) is 5.85. The van der Waals surface area contributed by atoms with Crippen LogP contribution in [0.2, 0.25) is 5.02 Å². The second kappa shape index (κ2) is 4.19. The maximum atomic E-state index is 6.20. The number of hydrogen-bond acceptors (Lipinski definition) is 3. The fourth-order valence-electron chi connectivity index (χ4n) is 1.36. The molecule has 0 saturated carbocycles. The molecule has 0 aliphatic heterocycles. The summed E-state index contributed by atoms with van der Waals surface area (Å²) in [4.78, 5) is 1.12. The van der Waals surface area contributed by atoms with Crippen LogP contribution in [-0.4, -0.2) is 0 Å². The van der Waals surface area contributed by atoms with Crippen molar-refractivity contribution in [2.75, 3.05) is 0 Å². The molecular weight excluding hydrogens is 216 g/mol. The third kappa shape index (κ3) is 2.28. The van der Waals surface area contributed by atoms with E-state index in [1.165, 1.54) is 0 Å². The summed E-state index contributed by atoms with van der Waals surface area (Å²) in [7, 11) is 0. The van der Waals surface area contributed by atoms with Gasteiger partial charge >= 0.3 is 0 Å². The van der Waals surface area contributed by atoms with Crippen LogP contribution in [0.4, 0.5) is 0 Å². The highest BCUT2D eigenvalue weighted by atomic mass is 35.5. The molecule has 80 valence electrons. The predicted octanol–water partition coefficient (Wildman–Crippen LogP) is 3.26. The molecular formula is C10H17ClN2S. The first-order valence-electron chi connectivity index (χ1n) is 4.57. The Bertz CT molecular complexity index is 314. The Hall–Kier alpha value is -0.0900. The van der Waals surface area contributed by atoms with E-state index in [1.54, 1.807) is 11.3 Å². The Morgan fingerprint density at radius 3 is 2.36 bits per heavy atom. The van der Waals surface area contributed by atoms with Crippen LogP contribution < -0.4 is 11.3 Å². The Balaban J connectivity index is 3.08. The van der Waals surface area contributed by atoms with Gasteiger partial charge in [-0.15, -0.1) is 11.3 Å². The minimum Gasteiger partial charge on any atom is -0.271 e. The molecule has 0 saturated heterocycles.